The zero-order chi connectivity index (χ0) is 18.0. The first-order chi connectivity index (χ1) is 11.9. The number of nitrogens with zero attached hydrogens (tertiary/aromatic N) is 1. The zero-order valence-electron chi connectivity index (χ0n) is 12.7. The minimum absolute atomic E-state index is 0.147. The number of halogens is 1. The molecule has 10 heteroatoms. The Morgan fingerprint density at radius 1 is 1.08 bits per heavy atom. The van der Waals surface area contributed by atoms with Crippen LogP contribution < -0.4 is 13.7 Å². The standard InChI is InChI=1S/C15H12ClNO7S/c16-12-8-10(17(18)19)2-4-13(12)24-25(20,21)11-3-5-14-15(9-11)23-7-1-6-22-14/h2-5,8-9H,1,6-7H2. The van der Waals surface area contributed by atoms with Gasteiger partial charge in [0, 0.05) is 24.6 Å². The Bertz CT molecular complexity index is 929. The second kappa shape index (κ2) is 6.77. The second-order valence-corrected chi connectivity index (χ2v) is 7.02. The first-order valence-corrected chi connectivity index (χ1v) is 8.93. The van der Waals surface area contributed by atoms with Crippen LogP contribution in [0.15, 0.2) is 41.3 Å². The summed E-state index contributed by atoms with van der Waals surface area (Å²) in [4.78, 5) is 9.91. The number of nitro groups is 1. The van der Waals surface area contributed by atoms with Crippen LogP contribution in [0.5, 0.6) is 17.2 Å². The summed E-state index contributed by atoms with van der Waals surface area (Å²) in [5.41, 5.74) is -0.273. The molecule has 0 spiro atoms. The van der Waals surface area contributed by atoms with E-state index in [1.54, 1.807) is 0 Å². The Morgan fingerprint density at radius 2 is 1.80 bits per heavy atom. The predicted molar refractivity (Wildman–Crippen MR) is 88.0 cm³/mol. The van der Waals surface area contributed by atoms with E-state index in [9.17, 15) is 18.5 Å². The van der Waals surface area contributed by atoms with E-state index in [2.05, 4.69) is 0 Å². The fourth-order valence-corrected chi connectivity index (χ4v) is 3.36. The highest BCUT2D eigenvalue weighted by molar-refractivity contribution is 7.87. The van der Waals surface area contributed by atoms with Gasteiger partial charge in [-0.1, -0.05) is 11.6 Å². The quantitative estimate of drug-likeness (QED) is 0.452. The van der Waals surface area contributed by atoms with Crippen LogP contribution in [0.2, 0.25) is 5.02 Å². The SMILES string of the molecule is O=[N+]([O-])c1ccc(OS(=O)(=O)c2ccc3c(c2)OCCCO3)c(Cl)c1. The molecule has 0 bridgehead atoms. The summed E-state index contributed by atoms with van der Waals surface area (Å²) in [5, 5.41) is 10.5. The molecule has 0 amide bonds. The van der Waals surface area contributed by atoms with Crippen molar-refractivity contribution in [2.45, 2.75) is 11.3 Å². The van der Waals surface area contributed by atoms with Crippen molar-refractivity contribution in [3.63, 3.8) is 0 Å². The Labute approximate surface area is 148 Å². The molecule has 8 nitrogen and oxygen atoms in total. The van der Waals surface area contributed by atoms with Crippen molar-refractivity contribution in [2.75, 3.05) is 13.2 Å². The van der Waals surface area contributed by atoms with Crippen molar-refractivity contribution in [1.29, 1.82) is 0 Å². The van der Waals surface area contributed by atoms with E-state index in [1.807, 2.05) is 0 Å². The third kappa shape index (κ3) is 3.77. The molecule has 0 fully saturated rings. The Hall–Kier alpha value is -2.52. The van der Waals surface area contributed by atoms with E-state index in [0.29, 0.717) is 31.1 Å². The lowest BCUT2D eigenvalue weighted by molar-refractivity contribution is -0.384. The number of ether oxygens (including phenoxy) is 2. The van der Waals surface area contributed by atoms with Gasteiger partial charge < -0.3 is 13.7 Å². The molecule has 0 atom stereocenters. The number of nitro benzene ring substituents is 1. The molecular weight excluding hydrogens is 374 g/mol. The Balaban J connectivity index is 1.90. The summed E-state index contributed by atoms with van der Waals surface area (Å²) in [6.07, 6.45) is 0.686. The van der Waals surface area contributed by atoms with Crippen molar-refractivity contribution in [1.82, 2.24) is 0 Å². The molecule has 2 aromatic carbocycles. The molecule has 1 aliphatic rings. The molecule has 2 aromatic rings. The van der Waals surface area contributed by atoms with Gasteiger partial charge in [0.25, 0.3) is 5.69 Å². The Kier molecular flexibility index (Phi) is 4.69. The first kappa shape index (κ1) is 17.3. The van der Waals surface area contributed by atoms with Crippen molar-refractivity contribution in [2.24, 2.45) is 0 Å². The molecule has 25 heavy (non-hydrogen) atoms. The molecule has 1 heterocycles. The fraction of sp³-hybridized carbons (Fsp3) is 0.200. The van der Waals surface area contributed by atoms with Crippen LogP contribution in [0.1, 0.15) is 6.42 Å². The highest BCUT2D eigenvalue weighted by Gasteiger charge is 2.22. The molecule has 3 rings (SSSR count). The maximum absolute atomic E-state index is 12.4. The van der Waals surface area contributed by atoms with Gasteiger partial charge in [0.15, 0.2) is 17.2 Å². The molecular formula is C15H12ClNO7S. The van der Waals surface area contributed by atoms with Gasteiger partial charge >= 0.3 is 10.1 Å². The van der Waals surface area contributed by atoms with Crippen molar-refractivity contribution in [3.8, 4) is 17.2 Å². The van der Waals surface area contributed by atoms with E-state index in [0.717, 1.165) is 18.2 Å². The third-order valence-corrected chi connectivity index (χ3v) is 4.86. The van der Waals surface area contributed by atoms with Crippen LogP contribution in [0, 0.1) is 10.1 Å². The van der Waals surface area contributed by atoms with E-state index < -0.39 is 15.0 Å². The second-order valence-electron chi connectivity index (χ2n) is 5.07. The summed E-state index contributed by atoms with van der Waals surface area (Å²) in [5.74, 6) is 0.543. The fourth-order valence-electron chi connectivity index (χ4n) is 2.14. The van der Waals surface area contributed by atoms with E-state index >= 15 is 0 Å². The van der Waals surface area contributed by atoms with E-state index in [1.165, 1.54) is 18.2 Å². The van der Waals surface area contributed by atoms with Crippen LogP contribution in [-0.4, -0.2) is 26.6 Å². The average molecular weight is 386 g/mol. The molecule has 0 N–H and O–H groups in total. The monoisotopic (exact) mass is 385 g/mol. The van der Waals surface area contributed by atoms with Gasteiger partial charge in [-0.2, -0.15) is 8.42 Å². The molecule has 0 aromatic heterocycles. The first-order valence-electron chi connectivity index (χ1n) is 7.15. The van der Waals surface area contributed by atoms with Gasteiger partial charge in [-0.05, 0) is 18.2 Å². The van der Waals surface area contributed by atoms with Crippen LogP contribution in [0.25, 0.3) is 0 Å². The van der Waals surface area contributed by atoms with Crippen molar-refractivity contribution in [3.05, 3.63) is 51.5 Å². The minimum atomic E-state index is -4.20. The zero-order valence-corrected chi connectivity index (χ0v) is 14.2. The summed E-state index contributed by atoms with van der Waals surface area (Å²) in [6, 6.07) is 7.35. The highest BCUT2D eigenvalue weighted by Crippen LogP contribution is 2.34. The van der Waals surface area contributed by atoms with Crippen molar-refractivity contribution < 1.29 is 27.0 Å². The average Bonchev–Trinajstić information content (AvgIpc) is 2.81. The molecule has 1 aliphatic heterocycles. The summed E-state index contributed by atoms with van der Waals surface area (Å²) in [6.45, 7) is 0.888. The summed E-state index contributed by atoms with van der Waals surface area (Å²) < 4.78 is 40.8. The van der Waals surface area contributed by atoms with Crippen LogP contribution >= 0.6 is 11.6 Å². The van der Waals surface area contributed by atoms with E-state index in [4.69, 9.17) is 25.3 Å². The predicted octanol–water partition coefficient (Wildman–Crippen LogP) is 3.18. The van der Waals surface area contributed by atoms with Crippen LogP contribution in [0.3, 0.4) is 0 Å². The molecule has 0 unspecified atom stereocenters. The molecule has 0 aliphatic carbocycles. The molecule has 0 saturated heterocycles. The normalized spacial score (nSPS) is 13.8. The lowest BCUT2D eigenvalue weighted by atomic mass is 10.3. The maximum atomic E-state index is 12.4. The molecule has 0 saturated carbocycles. The van der Waals surface area contributed by atoms with Crippen LogP contribution in [0.4, 0.5) is 5.69 Å². The summed E-state index contributed by atoms with van der Waals surface area (Å²) in [7, 11) is -4.20. The molecule has 132 valence electrons. The number of benzene rings is 2. The Morgan fingerprint density at radius 3 is 2.48 bits per heavy atom. The van der Waals surface area contributed by atoms with Gasteiger partial charge in [-0.3, -0.25) is 10.1 Å². The lowest BCUT2D eigenvalue weighted by Crippen LogP contribution is -2.10. The highest BCUT2D eigenvalue weighted by atomic mass is 35.5. The molecule has 0 radical (unpaired) electrons. The topological polar surface area (TPSA) is 105 Å². The van der Waals surface area contributed by atoms with Gasteiger partial charge in [0.05, 0.1) is 23.2 Å². The van der Waals surface area contributed by atoms with Gasteiger partial charge in [0.2, 0.25) is 0 Å². The van der Waals surface area contributed by atoms with Gasteiger partial charge in [0.1, 0.15) is 4.90 Å². The van der Waals surface area contributed by atoms with Gasteiger partial charge in [-0.15, -0.1) is 0 Å². The number of hydrogen-bond acceptors (Lipinski definition) is 7. The smallest absolute Gasteiger partial charge is 0.339 e. The van der Waals surface area contributed by atoms with E-state index in [-0.39, 0.29) is 21.4 Å². The number of rotatable bonds is 4. The third-order valence-electron chi connectivity index (χ3n) is 3.33. The summed E-state index contributed by atoms with van der Waals surface area (Å²) >= 11 is 5.87. The van der Waals surface area contributed by atoms with Crippen molar-refractivity contribution >= 4 is 27.4 Å². The number of hydrogen-bond donors (Lipinski definition) is 0. The lowest BCUT2D eigenvalue weighted by Gasteiger charge is -2.11. The number of fused-ring (bicyclic) bond motifs is 1. The minimum Gasteiger partial charge on any atom is -0.490 e. The van der Waals surface area contributed by atoms with Gasteiger partial charge in [-0.25, -0.2) is 0 Å². The largest absolute Gasteiger partial charge is 0.490 e. The van der Waals surface area contributed by atoms with Crippen LogP contribution in [-0.2, 0) is 10.1 Å². The number of non-ortho nitro benzene ring substituents is 1. The maximum Gasteiger partial charge on any atom is 0.339 e.